The number of ether oxygens (including phenoxy) is 1. The van der Waals surface area contributed by atoms with Gasteiger partial charge in [0, 0.05) is 0 Å². The van der Waals surface area contributed by atoms with Crippen LogP contribution >= 0.6 is 0 Å². The van der Waals surface area contributed by atoms with Crippen LogP contribution in [0.2, 0.25) is 0 Å². The van der Waals surface area contributed by atoms with E-state index in [1.807, 2.05) is 0 Å². The molecule has 0 atom stereocenters. The van der Waals surface area contributed by atoms with E-state index < -0.39 is 16.7 Å². The number of esters is 1. The van der Waals surface area contributed by atoms with Crippen LogP contribution in [0.4, 0.5) is 5.82 Å². The van der Waals surface area contributed by atoms with Crippen molar-refractivity contribution in [2.75, 3.05) is 6.61 Å². The fourth-order valence-electron chi connectivity index (χ4n) is 0.770. The number of aromatic nitrogens is 3. The van der Waals surface area contributed by atoms with Gasteiger partial charge in [-0.25, -0.2) is 4.79 Å². The topological polar surface area (TPSA) is 100 Å². The lowest BCUT2D eigenvalue weighted by molar-refractivity contribution is -0.389. The standard InChI is InChI=1S/C6H8N4O4/c1-2-14-6(11)4-9-7-3-5(8-9)10(12)13/h3H,2,4H2,1H3. The van der Waals surface area contributed by atoms with Gasteiger partial charge in [-0.1, -0.05) is 4.80 Å². The lowest BCUT2D eigenvalue weighted by atomic mass is 10.7. The maximum atomic E-state index is 10.9. The van der Waals surface area contributed by atoms with E-state index in [0.29, 0.717) is 0 Å². The monoisotopic (exact) mass is 200 g/mol. The molecular weight excluding hydrogens is 192 g/mol. The molecule has 0 aliphatic heterocycles. The molecule has 0 saturated carbocycles. The Bertz CT molecular complexity index is 347. The summed E-state index contributed by atoms with van der Waals surface area (Å²) in [5.41, 5.74) is 0. The third-order valence-electron chi connectivity index (χ3n) is 1.29. The molecule has 0 fully saturated rings. The number of nitrogens with zero attached hydrogens (tertiary/aromatic N) is 4. The molecule has 1 aromatic heterocycles. The maximum absolute atomic E-state index is 10.9. The zero-order valence-corrected chi connectivity index (χ0v) is 7.41. The van der Waals surface area contributed by atoms with E-state index in [1.54, 1.807) is 6.92 Å². The van der Waals surface area contributed by atoms with Crippen LogP contribution in [0.25, 0.3) is 0 Å². The summed E-state index contributed by atoms with van der Waals surface area (Å²) in [7, 11) is 0. The van der Waals surface area contributed by atoms with Gasteiger partial charge in [-0.3, -0.25) is 0 Å². The minimum absolute atomic E-state index is 0.221. The van der Waals surface area contributed by atoms with E-state index in [4.69, 9.17) is 0 Å². The molecule has 1 heterocycles. The summed E-state index contributed by atoms with van der Waals surface area (Å²) in [5, 5.41) is 17.2. The number of carbonyl (C=O) groups is 1. The second-order valence-electron chi connectivity index (χ2n) is 2.30. The lowest BCUT2D eigenvalue weighted by Crippen LogP contribution is -2.15. The van der Waals surface area contributed by atoms with Crippen molar-refractivity contribution >= 4 is 11.8 Å². The first-order valence-corrected chi connectivity index (χ1v) is 3.83. The van der Waals surface area contributed by atoms with Crippen molar-refractivity contribution in [1.29, 1.82) is 0 Å². The average molecular weight is 200 g/mol. The van der Waals surface area contributed by atoms with Gasteiger partial charge in [-0.15, -0.1) is 5.10 Å². The van der Waals surface area contributed by atoms with E-state index in [2.05, 4.69) is 14.9 Å². The molecule has 1 rings (SSSR count). The predicted molar refractivity (Wildman–Crippen MR) is 43.3 cm³/mol. The molecule has 0 bridgehead atoms. The first-order chi connectivity index (χ1) is 6.63. The molecule has 0 spiro atoms. The predicted octanol–water partition coefficient (Wildman–Crippen LogP) is -0.251. The SMILES string of the molecule is CCOC(=O)Cn1ncc([N+](=O)[O-])n1. The summed E-state index contributed by atoms with van der Waals surface area (Å²) in [6, 6.07) is 0. The number of nitro groups is 1. The summed E-state index contributed by atoms with van der Waals surface area (Å²) < 4.78 is 4.61. The molecule has 8 nitrogen and oxygen atoms in total. The Kier molecular flexibility index (Phi) is 3.10. The molecule has 0 aliphatic rings. The molecular formula is C6H8N4O4. The molecule has 0 amide bonds. The van der Waals surface area contributed by atoms with Crippen LogP contribution < -0.4 is 0 Å². The summed E-state index contributed by atoms with van der Waals surface area (Å²) in [6.45, 7) is 1.70. The van der Waals surface area contributed by atoms with Gasteiger partial charge in [-0.05, 0) is 11.8 Å². The average Bonchev–Trinajstić information content (AvgIpc) is 2.53. The molecule has 76 valence electrons. The van der Waals surface area contributed by atoms with E-state index in [9.17, 15) is 14.9 Å². The van der Waals surface area contributed by atoms with Crippen LogP contribution in [0.15, 0.2) is 6.20 Å². The van der Waals surface area contributed by atoms with Crippen LogP contribution in [0, 0.1) is 10.1 Å². The first kappa shape index (κ1) is 10.1. The highest BCUT2D eigenvalue weighted by Gasteiger charge is 2.15. The van der Waals surface area contributed by atoms with E-state index >= 15 is 0 Å². The fourth-order valence-corrected chi connectivity index (χ4v) is 0.770. The van der Waals surface area contributed by atoms with E-state index in [1.165, 1.54) is 0 Å². The van der Waals surface area contributed by atoms with Crippen molar-refractivity contribution in [1.82, 2.24) is 15.0 Å². The molecule has 0 radical (unpaired) electrons. The Morgan fingerprint density at radius 1 is 1.79 bits per heavy atom. The van der Waals surface area contributed by atoms with Crippen molar-refractivity contribution in [2.45, 2.75) is 13.5 Å². The van der Waals surface area contributed by atoms with E-state index in [-0.39, 0.29) is 13.2 Å². The summed E-state index contributed by atoms with van der Waals surface area (Å²) >= 11 is 0. The van der Waals surface area contributed by atoms with Gasteiger partial charge in [0.1, 0.15) is 0 Å². The van der Waals surface area contributed by atoms with Gasteiger partial charge >= 0.3 is 11.8 Å². The Hall–Kier alpha value is -1.99. The number of rotatable bonds is 4. The zero-order chi connectivity index (χ0) is 10.6. The van der Waals surface area contributed by atoms with Crippen molar-refractivity contribution in [3.63, 3.8) is 0 Å². The van der Waals surface area contributed by atoms with Crippen LogP contribution in [-0.2, 0) is 16.1 Å². The molecule has 1 aromatic rings. The number of hydrogen-bond acceptors (Lipinski definition) is 6. The van der Waals surface area contributed by atoms with Gasteiger partial charge in [0.25, 0.3) is 0 Å². The van der Waals surface area contributed by atoms with Crippen molar-refractivity contribution < 1.29 is 14.5 Å². The Morgan fingerprint density at radius 2 is 2.50 bits per heavy atom. The highest BCUT2D eigenvalue weighted by atomic mass is 16.6. The van der Waals surface area contributed by atoms with Gasteiger partial charge in [0.2, 0.25) is 0 Å². The molecule has 14 heavy (non-hydrogen) atoms. The number of hydrogen-bond donors (Lipinski definition) is 0. The second kappa shape index (κ2) is 4.30. The number of carbonyl (C=O) groups excluding carboxylic acids is 1. The van der Waals surface area contributed by atoms with Gasteiger partial charge < -0.3 is 14.9 Å². The van der Waals surface area contributed by atoms with Gasteiger partial charge in [-0.2, -0.15) is 0 Å². The fraction of sp³-hybridized carbons (Fsp3) is 0.500. The molecule has 0 aliphatic carbocycles. The lowest BCUT2D eigenvalue weighted by Gasteiger charge is -1.96. The first-order valence-electron chi connectivity index (χ1n) is 3.83. The van der Waals surface area contributed by atoms with Crippen LogP contribution in [0.3, 0.4) is 0 Å². The summed E-state index contributed by atoms with van der Waals surface area (Å²) in [6.07, 6.45) is 0.971. The third kappa shape index (κ3) is 2.51. The van der Waals surface area contributed by atoms with Gasteiger partial charge in [0.15, 0.2) is 12.7 Å². The largest absolute Gasteiger partial charge is 0.465 e. The zero-order valence-electron chi connectivity index (χ0n) is 7.41. The normalized spacial score (nSPS) is 9.79. The third-order valence-corrected chi connectivity index (χ3v) is 1.29. The van der Waals surface area contributed by atoms with Crippen molar-refractivity contribution in [3.8, 4) is 0 Å². The maximum Gasteiger partial charge on any atom is 0.410 e. The Labute approximate surface area is 78.6 Å². The molecule has 8 heteroatoms. The second-order valence-corrected chi connectivity index (χ2v) is 2.30. The molecule has 0 unspecified atom stereocenters. The van der Waals surface area contributed by atoms with Crippen molar-refractivity contribution in [2.24, 2.45) is 0 Å². The quantitative estimate of drug-likeness (QED) is 0.377. The Balaban J connectivity index is 2.59. The summed E-state index contributed by atoms with van der Waals surface area (Å²) in [4.78, 5) is 21.3. The molecule has 0 aromatic carbocycles. The highest BCUT2D eigenvalue weighted by Crippen LogP contribution is 2.01. The van der Waals surface area contributed by atoms with Crippen LogP contribution in [0.5, 0.6) is 0 Å². The minimum Gasteiger partial charge on any atom is -0.465 e. The van der Waals surface area contributed by atoms with Crippen LogP contribution in [-0.4, -0.2) is 32.5 Å². The Morgan fingerprint density at radius 3 is 3.00 bits per heavy atom. The molecule has 0 N–H and O–H groups in total. The van der Waals surface area contributed by atoms with Crippen molar-refractivity contribution in [3.05, 3.63) is 16.3 Å². The van der Waals surface area contributed by atoms with E-state index in [0.717, 1.165) is 11.0 Å². The van der Waals surface area contributed by atoms with Gasteiger partial charge in [0.05, 0.1) is 11.7 Å². The molecule has 0 saturated heterocycles. The van der Waals surface area contributed by atoms with Crippen LogP contribution in [0.1, 0.15) is 6.92 Å². The highest BCUT2D eigenvalue weighted by molar-refractivity contribution is 5.68. The minimum atomic E-state index is -0.686. The smallest absolute Gasteiger partial charge is 0.410 e. The summed E-state index contributed by atoms with van der Waals surface area (Å²) in [5.74, 6) is -0.924.